The van der Waals surface area contributed by atoms with E-state index in [1.807, 2.05) is 0 Å². The molecular formula is C19H13BrClFN4O3. The van der Waals surface area contributed by atoms with Gasteiger partial charge in [-0.2, -0.15) is 5.10 Å². The van der Waals surface area contributed by atoms with Crippen molar-refractivity contribution in [3.8, 4) is 5.75 Å². The fourth-order valence-corrected chi connectivity index (χ4v) is 3.25. The van der Waals surface area contributed by atoms with Crippen LogP contribution in [0, 0.1) is 15.9 Å². The van der Waals surface area contributed by atoms with Crippen LogP contribution < -0.4 is 10.2 Å². The number of nitrogens with one attached hydrogen (secondary N) is 1. The summed E-state index contributed by atoms with van der Waals surface area (Å²) in [4.78, 5) is 14.0. The van der Waals surface area contributed by atoms with E-state index in [1.54, 1.807) is 24.3 Å². The lowest BCUT2D eigenvalue weighted by molar-refractivity contribution is -0.385. The summed E-state index contributed by atoms with van der Waals surface area (Å²) < 4.78 is 19.3. The summed E-state index contributed by atoms with van der Waals surface area (Å²) in [6.45, 7) is 0.236. The highest BCUT2D eigenvalue weighted by atomic mass is 79.9. The largest absolute Gasteiger partial charge is 0.486 e. The highest BCUT2D eigenvalue weighted by Gasteiger charge is 2.10. The molecule has 0 saturated heterocycles. The van der Waals surface area contributed by atoms with Crippen LogP contribution in [0.4, 0.5) is 15.9 Å². The van der Waals surface area contributed by atoms with Gasteiger partial charge in [0.15, 0.2) is 5.75 Å². The Bertz CT molecular complexity index is 1020. The van der Waals surface area contributed by atoms with Crippen LogP contribution in [-0.2, 0) is 6.61 Å². The number of pyridine rings is 1. The van der Waals surface area contributed by atoms with E-state index in [0.717, 1.165) is 11.8 Å². The molecule has 10 heteroatoms. The molecule has 29 heavy (non-hydrogen) atoms. The van der Waals surface area contributed by atoms with Gasteiger partial charge in [-0.15, -0.1) is 0 Å². The van der Waals surface area contributed by atoms with Gasteiger partial charge in [0.25, 0.3) is 5.69 Å². The number of hydrogen-bond acceptors (Lipinski definition) is 6. The van der Waals surface area contributed by atoms with Gasteiger partial charge in [-0.25, -0.2) is 9.37 Å². The van der Waals surface area contributed by atoms with Gasteiger partial charge >= 0.3 is 0 Å². The molecule has 0 amide bonds. The predicted octanol–water partition coefficient (Wildman–Crippen LogP) is 5.57. The van der Waals surface area contributed by atoms with Gasteiger partial charge in [0.05, 0.1) is 20.6 Å². The Kier molecular flexibility index (Phi) is 6.73. The van der Waals surface area contributed by atoms with Crippen LogP contribution >= 0.6 is 27.5 Å². The molecule has 0 unspecified atom stereocenters. The minimum atomic E-state index is -0.528. The molecule has 0 aliphatic rings. The summed E-state index contributed by atoms with van der Waals surface area (Å²) in [6.07, 6.45) is 2.65. The zero-order valence-electron chi connectivity index (χ0n) is 14.7. The normalized spacial score (nSPS) is 10.9. The average Bonchev–Trinajstić information content (AvgIpc) is 2.69. The highest BCUT2D eigenvalue weighted by molar-refractivity contribution is 9.10. The van der Waals surface area contributed by atoms with E-state index in [1.165, 1.54) is 30.5 Å². The van der Waals surface area contributed by atoms with Crippen molar-refractivity contribution >= 4 is 45.3 Å². The first-order valence-corrected chi connectivity index (χ1v) is 9.35. The second-order valence-electron chi connectivity index (χ2n) is 5.76. The fourth-order valence-electron chi connectivity index (χ4n) is 2.26. The molecule has 0 atom stereocenters. The molecule has 148 valence electrons. The van der Waals surface area contributed by atoms with Crippen molar-refractivity contribution in [1.29, 1.82) is 0 Å². The third-order valence-corrected chi connectivity index (χ3v) is 4.54. The molecular weight excluding hydrogens is 467 g/mol. The number of rotatable bonds is 7. The first-order valence-electron chi connectivity index (χ1n) is 8.18. The van der Waals surface area contributed by atoms with Gasteiger partial charge in [-0.3, -0.25) is 15.5 Å². The van der Waals surface area contributed by atoms with Gasteiger partial charge in [-0.1, -0.05) is 23.7 Å². The summed E-state index contributed by atoms with van der Waals surface area (Å²) in [5, 5.41) is 15.0. The monoisotopic (exact) mass is 478 g/mol. The molecule has 0 aliphatic carbocycles. The van der Waals surface area contributed by atoms with E-state index in [0.29, 0.717) is 26.6 Å². The van der Waals surface area contributed by atoms with Crippen molar-refractivity contribution in [2.24, 2.45) is 5.10 Å². The van der Waals surface area contributed by atoms with E-state index >= 15 is 0 Å². The maximum Gasteiger partial charge on any atom is 0.287 e. The first-order chi connectivity index (χ1) is 13.9. The highest BCUT2D eigenvalue weighted by Crippen LogP contribution is 2.34. The molecule has 0 radical (unpaired) electrons. The predicted molar refractivity (Wildman–Crippen MR) is 112 cm³/mol. The van der Waals surface area contributed by atoms with Gasteiger partial charge in [0.2, 0.25) is 0 Å². The second kappa shape index (κ2) is 9.44. The molecule has 1 N–H and O–H groups in total. The van der Waals surface area contributed by atoms with Crippen molar-refractivity contribution in [3.05, 3.63) is 91.3 Å². The smallest absolute Gasteiger partial charge is 0.287 e. The maximum atomic E-state index is 13.0. The van der Waals surface area contributed by atoms with Crippen LogP contribution in [-0.4, -0.2) is 16.1 Å². The number of aromatic nitrogens is 1. The Labute approximate surface area is 178 Å². The van der Waals surface area contributed by atoms with Crippen LogP contribution in [0.15, 0.2) is 64.3 Å². The van der Waals surface area contributed by atoms with Crippen molar-refractivity contribution in [2.45, 2.75) is 6.61 Å². The Balaban J connectivity index is 1.64. The quantitative estimate of drug-likeness (QED) is 0.272. The number of hydrazone groups is 1. The molecule has 3 rings (SSSR count). The van der Waals surface area contributed by atoms with E-state index < -0.39 is 4.92 Å². The molecule has 0 spiro atoms. The van der Waals surface area contributed by atoms with E-state index in [4.69, 9.17) is 16.3 Å². The molecule has 0 fully saturated rings. The number of anilines is 1. The number of benzene rings is 2. The summed E-state index contributed by atoms with van der Waals surface area (Å²) in [5.74, 6) is 0.503. The summed E-state index contributed by atoms with van der Waals surface area (Å²) >= 11 is 9.71. The van der Waals surface area contributed by atoms with Crippen LogP contribution in [0.2, 0.25) is 5.02 Å². The SMILES string of the molecule is O=[N+]([O-])c1ccc(NN=Cc2cc(Cl)c(OCc3ccc(F)cc3)c(Br)c2)nc1. The molecule has 2 aromatic carbocycles. The third kappa shape index (κ3) is 5.72. The zero-order valence-corrected chi connectivity index (χ0v) is 17.0. The summed E-state index contributed by atoms with van der Waals surface area (Å²) in [6, 6.07) is 12.2. The minimum absolute atomic E-state index is 0.105. The van der Waals surface area contributed by atoms with E-state index in [-0.39, 0.29) is 18.1 Å². The third-order valence-electron chi connectivity index (χ3n) is 3.67. The Morgan fingerprint density at radius 3 is 2.66 bits per heavy atom. The van der Waals surface area contributed by atoms with Crippen molar-refractivity contribution in [1.82, 2.24) is 4.98 Å². The lowest BCUT2D eigenvalue weighted by Crippen LogP contribution is -1.98. The van der Waals surface area contributed by atoms with Crippen LogP contribution in [0.3, 0.4) is 0 Å². The van der Waals surface area contributed by atoms with Gasteiger partial charge in [0.1, 0.15) is 24.4 Å². The number of halogens is 3. The molecule has 0 aliphatic heterocycles. The number of hydrogen-bond donors (Lipinski definition) is 1. The van der Waals surface area contributed by atoms with Gasteiger partial charge in [-0.05, 0) is 57.4 Å². The van der Waals surface area contributed by atoms with Crippen LogP contribution in [0.25, 0.3) is 0 Å². The van der Waals surface area contributed by atoms with E-state index in [9.17, 15) is 14.5 Å². The lowest BCUT2D eigenvalue weighted by Gasteiger charge is -2.11. The molecule has 1 heterocycles. The standard InChI is InChI=1S/C19H13BrClFN4O3/c20-16-7-13(9-24-25-18-6-5-15(10-23-18)26(27)28)8-17(21)19(16)29-11-12-1-3-14(22)4-2-12/h1-10H,11H2,(H,23,25). The second-order valence-corrected chi connectivity index (χ2v) is 7.02. The number of nitro groups is 1. The van der Waals surface area contributed by atoms with Crippen molar-refractivity contribution in [3.63, 3.8) is 0 Å². The topological polar surface area (TPSA) is 89.7 Å². The Morgan fingerprint density at radius 1 is 1.28 bits per heavy atom. The molecule has 7 nitrogen and oxygen atoms in total. The molecule has 0 bridgehead atoms. The first kappa shape index (κ1) is 20.7. The van der Waals surface area contributed by atoms with Crippen molar-refractivity contribution < 1.29 is 14.1 Å². The van der Waals surface area contributed by atoms with Crippen molar-refractivity contribution in [2.75, 3.05) is 5.43 Å². The molecule has 1 aromatic heterocycles. The number of ether oxygens (including phenoxy) is 1. The maximum absolute atomic E-state index is 13.0. The minimum Gasteiger partial charge on any atom is -0.486 e. The average molecular weight is 480 g/mol. The zero-order chi connectivity index (χ0) is 20.8. The Hall–Kier alpha value is -3.04. The Morgan fingerprint density at radius 2 is 2.03 bits per heavy atom. The van der Waals surface area contributed by atoms with Gasteiger partial charge in [0, 0.05) is 6.07 Å². The van der Waals surface area contributed by atoms with Crippen LogP contribution in [0.5, 0.6) is 5.75 Å². The number of nitrogens with zero attached hydrogens (tertiary/aromatic N) is 3. The molecule has 3 aromatic rings. The van der Waals surface area contributed by atoms with E-state index in [2.05, 4.69) is 31.4 Å². The molecule has 0 saturated carbocycles. The summed E-state index contributed by atoms with van der Waals surface area (Å²) in [7, 11) is 0. The van der Waals surface area contributed by atoms with Crippen LogP contribution in [0.1, 0.15) is 11.1 Å². The van der Waals surface area contributed by atoms with Gasteiger partial charge < -0.3 is 4.74 Å². The summed E-state index contributed by atoms with van der Waals surface area (Å²) in [5.41, 5.74) is 4.07. The lowest BCUT2D eigenvalue weighted by atomic mass is 10.2. The fraction of sp³-hybridized carbons (Fsp3) is 0.0526.